The third-order valence-corrected chi connectivity index (χ3v) is 2.98. The highest BCUT2D eigenvalue weighted by molar-refractivity contribution is 5.67. The first-order valence-electron chi connectivity index (χ1n) is 6.53. The molecular weight excluding hydrogens is 216 g/mol. The monoisotopic (exact) mass is 242 g/mol. The smallest absolute Gasteiger partial charge is 0.410 e. The average Bonchev–Trinajstić information content (AvgIpc) is 2.25. The van der Waals surface area contributed by atoms with Crippen LogP contribution in [0.4, 0.5) is 4.79 Å². The molecule has 100 valence electrons. The van der Waals surface area contributed by atoms with Gasteiger partial charge in [0.15, 0.2) is 0 Å². The normalized spacial score (nSPS) is 21.1. The number of hydrogen-bond donors (Lipinski definition) is 1. The maximum atomic E-state index is 11.7. The molecular formula is C13H26N2O2. The predicted molar refractivity (Wildman–Crippen MR) is 69.1 cm³/mol. The summed E-state index contributed by atoms with van der Waals surface area (Å²) in [5, 5.41) is 3.39. The van der Waals surface area contributed by atoms with E-state index in [2.05, 4.69) is 5.32 Å². The van der Waals surface area contributed by atoms with Crippen LogP contribution < -0.4 is 5.32 Å². The molecule has 4 nitrogen and oxygen atoms in total. The van der Waals surface area contributed by atoms with Gasteiger partial charge in [-0.3, -0.25) is 0 Å². The number of carbonyl (C=O) groups is 1. The van der Waals surface area contributed by atoms with Crippen molar-refractivity contribution in [3.8, 4) is 0 Å². The van der Waals surface area contributed by atoms with Crippen LogP contribution in [0.25, 0.3) is 0 Å². The molecule has 0 bridgehead atoms. The number of ether oxygens (including phenoxy) is 1. The Hall–Kier alpha value is -0.770. The summed E-state index contributed by atoms with van der Waals surface area (Å²) in [6.45, 7) is 8.68. The number of carbonyl (C=O) groups excluding carboxylic acids is 1. The van der Waals surface area contributed by atoms with E-state index in [1.807, 2.05) is 27.8 Å². The van der Waals surface area contributed by atoms with Gasteiger partial charge in [0.25, 0.3) is 0 Å². The van der Waals surface area contributed by atoms with Crippen LogP contribution in [0.15, 0.2) is 0 Å². The lowest BCUT2D eigenvalue weighted by atomic mass is 9.96. The SMILES string of the molecule is CN(CCC1CCCNC1)C(=O)OC(C)(C)C. The highest BCUT2D eigenvalue weighted by Crippen LogP contribution is 2.15. The molecule has 1 amide bonds. The zero-order valence-electron chi connectivity index (χ0n) is 11.6. The number of piperidine rings is 1. The van der Waals surface area contributed by atoms with Crippen molar-refractivity contribution < 1.29 is 9.53 Å². The zero-order chi connectivity index (χ0) is 12.9. The Balaban J connectivity index is 2.23. The lowest BCUT2D eigenvalue weighted by Crippen LogP contribution is -2.37. The third kappa shape index (κ3) is 5.91. The molecule has 1 N–H and O–H groups in total. The molecule has 0 spiro atoms. The van der Waals surface area contributed by atoms with Gasteiger partial charge in [0, 0.05) is 13.6 Å². The van der Waals surface area contributed by atoms with E-state index < -0.39 is 5.60 Å². The Morgan fingerprint density at radius 3 is 2.71 bits per heavy atom. The second kappa shape index (κ2) is 6.24. The number of rotatable bonds is 3. The van der Waals surface area contributed by atoms with Crippen LogP contribution in [0.3, 0.4) is 0 Å². The van der Waals surface area contributed by atoms with Gasteiger partial charge in [-0.05, 0) is 59.0 Å². The summed E-state index contributed by atoms with van der Waals surface area (Å²) in [6.07, 6.45) is 3.36. The lowest BCUT2D eigenvalue weighted by molar-refractivity contribution is 0.0288. The van der Waals surface area contributed by atoms with E-state index in [1.165, 1.54) is 12.8 Å². The van der Waals surface area contributed by atoms with Gasteiger partial charge in [-0.2, -0.15) is 0 Å². The second-order valence-corrected chi connectivity index (χ2v) is 5.90. The summed E-state index contributed by atoms with van der Waals surface area (Å²) in [6, 6.07) is 0. The molecule has 1 fully saturated rings. The Morgan fingerprint density at radius 1 is 1.47 bits per heavy atom. The summed E-state index contributed by atoms with van der Waals surface area (Å²) in [4.78, 5) is 13.4. The van der Waals surface area contributed by atoms with Gasteiger partial charge >= 0.3 is 6.09 Å². The van der Waals surface area contributed by atoms with Crippen molar-refractivity contribution in [2.24, 2.45) is 5.92 Å². The summed E-state index contributed by atoms with van der Waals surface area (Å²) < 4.78 is 5.31. The molecule has 0 aliphatic carbocycles. The van der Waals surface area contributed by atoms with E-state index in [9.17, 15) is 4.79 Å². The predicted octanol–water partition coefficient (Wildman–Crippen LogP) is 2.24. The molecule has 1 aliphatic heterocycles. The van der Waals surface area contributed by atoms with Gasteiger partial charge < -0.3 is 15.0 Å². The van der Waals surface area contributed by atoms with Gasteiger partial charge in [0.05, 0.1) is 0 Å². The van der Waals surface area contributed by atoms with Crippen LogP contribution >= 0.6 is 0 Å². The van der Waals surface area contributed by atoms with Gasteiger partial charge in [-0.15, -0.1) is 0 Å². The average molecular weight is 242 g/mol. The first-order chi connectivity index (χ1) is 7.88. The minimum atomic E-state index is -0.405. The van der Waals surface area contributed by atoms with E-state index in [4.69, 9.17) is 4.74 Å². The van der Waals surface area contributed by atoms with Crippen LogP contribution in [-0.2, 0) is 4.74 Å². The highest BCUT2D eigenvalue weighted by atomic mass is 16.6. The molecule has 4 heteroatoms. The van der Waals surface area contributed by atoms with Crippen molar-refractivity contribution in [3.05, 3.63) is 0 Å². The fraction of sp³-hybridized carbons (Fsp3) is 0.923. The van der Waals surface area contributed by atoms with Gasteiger partial charge in [-0.25, -0.2) is 4.79 Å². The zero-order valence-corrected chi connectivity index (χ0v) is 11.6. The largest absolute Gasteiger partial charge is 0.444 e. The first-order valence-corrected chi connectivity index (χ1v) is 6.53. The molecule has 0 aromatic heterocycles. The minimum Gasteiger partial charge on any atom is -0.444 e. The molecule has 0 radical (unpaired) electrons. The second-order valence-electron chi connectivity index (χ2n) is 5.90. The quantitative estimate of drug-likeness (QED) is 0.825. The Bertz CT molecular complexity index is 242. The van der Waals surface area contributed by atoms with E-state index in [1.54, 1.807) is 4.90 Å². The van der Waals surface area contributed by atoms with E-state index in [-0.39, 0.29) is 6.09 Å². The number of amides is 1. The Kier molecular flexibility index (Phi) is 5.25. The van der Waals surface area contributed by atoms with Gasteiger partial charge in [0.1, 0.15) is 5.60 Å². The lowest BCUT2D eigenvalue weighted by Gasteiger charge is -2.27. The van der Waals surface area contributed by atoms with Crippen LogP contribution in [-0.4, -0.2) is 43.3 Å². The number of hydrogen-bond acceptors (Lipinski definition) is 3. The molecule has 17 heavy (non-hydrogen) atoms. The molecule has 0 saturated carbocycles. The van der Waals surface area contributed by atoms with Crippen molar-refractivity contribution in [1.82, 2.24) is 10.2 Å². The first kappa shape index (κ1) is 14.3. The van der Waals surface area contributed by atoms with Crippen LogP contribution in [0.5, 0.6) is 0 Å². The van der Waals surface area contributed by atoms with Crippen LogP contribution in [0.2, 0.25) is 0 Å². The standard InChI is InChI=1S/C13H26N2O2/c1-13(2,3)17-12(16)15(4)9-7-11-6-5-8-14-10-11/h11,14H,5-10H2,1-4H3. The van der Waals surface area contributed by atoms with Crippen molar-refractivity contribution in [3.63, 3.8) is 0 Å². The molecule has 1 unspecified atom stereocenters. The molecule has 0 aromatic carbocycles. The van der Waals surface area contributed by atoms with E-state index >= 15 is 0 Å². The molecule has 0 aromatic rings. The summed E-state index contributed by atoms with van der Waals surface area (Å²) in [5.74, 6) is 0.702. The van der Waals surface area contributed by atoms with E-state index in [0.29, 0.717) is 5.92 Å². The summed E-state index contributed by atoms with van der Waals surface area (Å²) >= 11 is 0. The molecule has 1 atom stereocenters. The van der Waals surface area contributed by atoms with Gasteiger partial charge in [0.2, 0.25) is 0 Å². The van der Waals surface area contributed by atoms with Crippen LogP contribution in [0, 0.1) is 5.92 Å². The Morgan fingerprint density at radius 2 is 2.18 bits per heavy atom. The summed E-state index contributed by atoms with van der Waals surface area (Å²) in [5.41, 5.74) is -0.405. The molecule has 1 rings (SSSR count). The maximum Gasteiger partial charge on any atom is 0.410 e. The Labute approximate surface area is 105 Å². The topological polar surface area (TPSA) is 41.6 Å². The van der Waals surface area contributed by atoms with E-state index in [0.717, 1.165) is 26.1 Å². The molecule has 1 heterocycles. The minimum absolute atomic E-state index is 0.221. The molecule has 1 saturated heterocycles. The van der Waals surface area contributed by atoms with Crippen LogP contribution in [0.1, 0.15) is 40.0 Å². The maximum absolute atomic E-state index is 11.7. The third-order valence-electron chi connectivity index (χ3n) is 2.98. The number of nitrogens with one attached hydrogen (secondary N) is 1. The van der Waals surface area contributed by atoms with Crippen molar-refractivity contribution >= 4 is 6.09 Å². The van der Waals surface area contributed by atoms with Crippen molar-refractivity contribution in [2.75, 3.05) is 26.7 Å². The highest BCUT2D eigenvalue weighted by Gasteiger charge is 2.20. The number of nitrogens with zero attached hydrogens (tertiary/aromatic N) is 1. The fourth-order valence-electron chi connectivity index (χ4n) is 1.98. The van der Waals surface area contributed by atoms with Crippen molar-refractivity contribution in [2.45, 2.75) is 45.6 Å². The summed E-state index contributed by atoms with van der Waals surface area (Å²) in [7, 11) is 1.81. The van der Waals surface area contributed by atoms with Gasteiger partial charge in [-0.1, -0.05) is 0 Å². The molecule has 1 aliphatic rings. The van der Waals surface area contributed by atoms with Crippen molar-refractivity contribution in [1.29, 1.82) is 0 Å². The fourth-order valence-corrected chi connectivity index (χ4v) is 1.98.